The number of hydrogen-bond acceptors (Lipinski definition) is 6. The zero-order chi connectivity index (χ0) is 16.2. The number of nitrogens with two attached hydrogens (primary N) is 1. The van der Waals surface area contributed by atoms with Crippen molar-refractivity contribution >= 4 is 29.7 Å². The Morgan fingerprint density at radius 2 is 2.25 bits per heavy atom. The Bertz CT molecular complexity index is 636. The lowest BCUT2D eigenvalue weighted by molar-refractivity contribution is -0.132. The van der Waals surface area contributed by atoms with Crippen LogP contribution in [0, 0.1) is 5.92 Å². The second-order valence-electron chi connectivity index (χ2n) is 6.07. The van der Waals surface area contributed by atoms with Crippen LogP contribution in [0.15, 0.2) is 22.0 Å². The minimum atomic E-state index is 0. The molecule has 0 aliphatic carbocycles. The third-order valence-corrected chi connectivity index (χ3v) is 5.26. The minimum absolute atomic E-state index is 0. The third kappa shape index (κ3) is 4.55. The standard InChI is InChI=1S/C16H22N4O2S.ClH/c1-11(17)12-6-8-20(9-7-12)15(21)5-4-14-18-16(19-22-14)13-3-2-10-23-13;/h2-3,10-12H,4-9,17H2,1H3;1H. The Labute approximate surface area is 151 Å². The van der Waals surface area contributed by atoms with Crippen LogP contribution in [0.2, 0.25) is 0 Å². The number of hydrogen-bond donors (Lipinski definition) is 1. The van der Waals surface area contributed by atoms with Crippen LogP contribution < -0.4 is 5.73 Å². The van der Waals surface area contributed by atoms with Crippen molar-refractivity contribution in [2.24, 2.45) is 11.7 Å². The number of carbonyl (C=O) groups excluding carboxylic acids is 1. The monoisotopic (exact) mass is 370 g/mol. The second-order valence-corrected chi connectivity index (χ2v) is 7.01. The Kier molecular flexibility index (Phi) is 6.77. The molecule has 1 atom stereocenters. The highest BCUT2D eigenvalue weighted by Crippen LogP contribution is 2.22. The van der Waals surface area contributed by atoms with Crippen molar-refractivity contribution < 1.29 is 9.32 Å². The molecule has 3 heterocycles. The van der Waals surface area contributed by atoms with Crippen molar-refractivity contribution in [3.63, 3.8) is 0 Å². The molecule has 0 radical (unpaired) electrons. The molecule has 8 heteroatoms. The molecule has 3 rings (SSSR count). The van der Waals surface area contributed by atoms with E-state index in [1.165, 1.54) is 0 Å². The predicted octanol–water partition coefficient (Wildman–Crippen LogP) is 2.74. The van der Waals surface area contributed by atoms with Crippen molar-refractivity contribution in [3.8, 4) is 10.7 Å². The summed E-state index contributed by atoms with van der Waals surface area (Å²) in [5, 5.41) is 5.94. The maximum absolute atomic E-state index is 12.3. The molecule has 24 heavy (non-hydrogen) atoms. The molecule has 0 saturated carbocycles. The Morgan fingerprint density at radius 3 is 2.88 bits per heavy atom. The normalized spacial score (nSPS) is 16.7. The molecule has 1 aliphatic rings. The largest absolute Gasteiger partial charge is 0.343 e. The van der Waals surface area contributed by atoms with E-state index in [0.717, 1.165) is 30.8 Å². The predicted molar refractivity (Wildman–Crippen MR) is 96.1 cm³/mol. The molecule has 0 spiro atoms. The van der Waals surface area contributed by atoms with Crippen LogP contribution in [0.1, 0.15) is 32.1 Å². The Morgan fingerprint density at radius 1 is 1.50 bits per heavy atom. The smallest absolute Gasteiger partial charge is 0.227 e. The molecule has 1 aliphatic heterocycles. The van der Waals surface area contributed by atoms with Crippen molar-refractivity contribution in [3.05, 3.63) is 23.4 Å². The van der Waals surface area contributed by atoms with Gasteiger partial charge in [0.1, 0.15) is 0 Å². The third-order valence-electron chi connectivity index (χ3n) is 4.40. The molecule has 132 valence electrons. The number of amides is 1. The molecule has 6 nitrogen and oxygen atoms in total. The summed E-state index contributed by atoms with van der Waals surface area (Å²) in [7, 11) is 0. The van der Waals surface area contributed by atoms with Gasteiger partial charge in [0.15, 0.2) is 0 Å². The fraction of sp³-hybridized carbons (Fsp3) is 0.562. The zero-order valence-electron chi connectivity index (χ0n) is 13.7. The highest BCUT2D eigenvalue weighted by molar-refractivity contribution is 7.13. The lowest BCUT2D eigenvalue weighted by Gasteiger charge is -2.33. The summed E-state index contributed by atoms with van der Waals surface area (Å²) in [5.41, 5.74) is 5.94. The van der Waals surface area contributed by atoms with Crippen molar-refractivity contribution in [1.82, 2.24) is 15.0 Å². The SMILES string of the molecule is CC(N)C1CCN(C(=O)CCc2nc(-c3cccs3)no2)CC1.Cl. The van der Waals surface area contributed by atoms with Crippen molar-refractivity contribution in [2.75, 3.05) is 13.1 Å². The zero-order valence-corrected chi connectivity index (χ0v) is 15.3. The van der Waals surface area contributed by atoms with Gasteiger partial charge in [-0.05, 0) is 37.1 Å². The number of carbonyl (C=O) groups is 1. The van der Waals surface area contributed by atoms with Crippen LogP contribution in [0.4, 0.5) is 0 Å². The number of likely N-dealkylation sites (tertiary alicyclic amines) is 1. The van der Waals surface area contributed by atoms with Crippen LogP contribution in [0.25, 0.3) is 10.7 Å². The molecule has 1 fully saturated rings. The molecule has 1 unspecified atom stereocenters. The number of piperidine rings is 1. The van der Waals surface area contributed by atoms with E-state index in [1.54, 1.807) is 11.3 Å². The van der Waals surface area contributed by atoms with E-state index >= 15 is 0 Å². The number of nitrogens with zero attached hydrogens (tertiary/aromatic N) is 3. The molecule has 2 aromatic rings. The first-order chi connectivity index (χ1) is 11.1. The molecular weight excluding hydrogens is 348 g/mol. The highest BCUT2D eigenvalue weighted by atomic mass is 35.5. The van der Waals surface area contributed by atoms with Gasteiger partial charge in [-0.3, -0.25) is 4.79 Å². The van der Waals surface area contributed by atoms with Gasteiger partial charge in [0.2, 0.25) is 17.6 Å². The van der Waals surface area contributed by atoms with Crippen molar-refractivity contribution in [1.29, 1.82) is 0 Å². The van der Waals surface area contributed by atoms with Crippen LogP contribution >= 0.6 is 23.7 Å². The summed E-state index contributed by atoms with van der Waals surface area (Å²) >= 11 is 1.57. The van der Waals surface area contributed by atoms with Gasteiger partial charge in [0.25, 0.3) is 0 Å². The summed E-state index contributed by atoms with van der Waals surface area (Å²) in [6, 6.07) is 4.11. The van der Waals surface area contributed by atoms with Gasteiger partial charge in [-0.25, -0.2) is 0 Å². The maximum Gasteiger partial charge on any atom is 0.227 e. The van der Waals surface area contributed by atoms with Crippen LogP contribution in [0.5, 0.6) is 0 Å². The second kappa shape index (κ2) is 8.60. The summed E-state index contributed by atoms with van der Waals surface area (Å²) in [6.45, 7) is 3.65. The Balaban J connectivity index is 0.00000208. The maximum atomic E-state index is 12.3. The summed E-state index contributed by atoms with van der Waals surface area (Å²) in [4.78, 5) is 19.5. The first-order valence-electron chi connectivity index (χ1n) is 8.03. The molecule has 0 bridgehead atoms. The average Bonchev–Trinajstić information content (AvgIpc) is 3.23. The van der Waals surface area contributed by atoms with Gasteiger partial charge in [-0.2, -0.15) is 4.98 Å². The lowest BCUT2D eigenvalue weighted by Crippen LogP contribution is -2.42. The molecule has 2 aromatic heterocycles. The first kappa shape index (κ1) is 18.9. The van der Waals surface area contributed by atoms with E-state index in [4.69, 9.17) is 10.3 Å². The Hall–Kier alpha value is -1.44. The molecule has 1 saturated heterocycles. The molecular formula is C16H23ClN4O2S. The number of thiophene rings is 1. The topological polar surface area (TPSA) is 85.2 Å². The summed E-state index contributed by atoms with van der Waals surface area (Å²) in [6.07, 6.45) is 2.89. The van der Waals surface area contributed by atoms with Crippen LogP contribution in [-0.2, 0) is 11.2 Å². The van der Waals surface area contributed by atoms with E-state index < -0.39 is 0 Å². The van der Waals surface area contributed by atoms with E-state index in [2.05, 4.69) is 10.1 Å². The van der Waals surface area contributed by atoms with Gasteiger partial charge in [0, 0.05) is 32.0 Å². The van der Waals surface area contributed by atoms with Gasteiger partial charge in [0.05, 0.1) is 4.88 Å². The molecule has 0 aromatic carbocycles. The minimum Gasteiger partial charge on any atom is -0.343 e. The number of halogens is 1. The fourth-order valence-electron chi connectivity index (χ4n) is 2.91. The van der Waals surface area contributed by atoms with Gasteiger partial charge in [-0.15, -0.1) is 23.7 Å². The van der Waals surface area contributed by atoms with Crippen LogP contribution in [-0.4, -0.2) is 40.1 Å². The lowest BCUT2D eigenvalue weighted by atomic mass is 9.91. The van der Waals surface area contributed by atoms with E-state index in [0.29, 0.717) is 30.5 Å². The van der Waals surface area contributed by atoms with Gasteiger partial charge >= 0.3 is 0 Å². The first-order valence-corrected chi connectivity index (χ1v) is 8.91. The summed E-state index contributed by atoms with van der Waals surface area (Å²) < 4.78 is 5.23. The highest BCUT2D eigenvalue weighted by Gasteiger charge is 2.24. The van der Waals surface area contributed by atoms with Gasteiger partial charge < -0.3 is 15.2 Å². The molecule has 2 N–H and O–H groups in total. The number of aryl methyl sites for hydroxylation is 1. The van der Waals surface area contributed by atoms with Crippen molar-refractivity contribution in [2.45, 2.75) is 38.6 Å². The average molecular weight is 371 g/mol. The van der Waals surface area contributed by atoms with Crippen LogP contribution in [0.3, 0.4) is 0 Å². The number of rotatable bonds is 5. The number of aromatic nitrogens is 2. The quantitative estimate of drug-likeness (QED) is 0.874. The van der Waals surface area contributed by atoms with Gasteiger partial charge in [-0.1, -0.05) is 11.2 Å². The molecule has 1 amide bonds. The van der Waals surface area contributed by atoms with E-state index in [-0.39, 0.29) is 24.4 Å². The van der Waals surface area contributed by atoms with E-state index in [9.17, 15) is 4.79 Å². The summed E-state index contributed by atoms with van der Waals surface area (Å²) in [5.74, 6) is 1.81. The van der Waals surface area contributed by atoms with E-state index in [1.807, 2.05) is 29.3 Å². The fourth-order valence-corrected chi connectivity index (χ4v) is 3.56.